The third-order valence-corrected chi connectivity index (χ3v) is 3.51. The van der Waals surface area contributed by atoms with Crippen molar-refractivity contribution in [2.75, 3.05) is 44.8 Å². The number of hydrogen-bond donors (Lipinski definition) is 3. The molecule has 0 aliphatic heterocycles. The van der Waals surface area contributed by atoms with Crippen LogP contribution in [0.4, 0.5) is 5.69 Å². The van der Waals surface area contributed by atoms with Crippen molar-refractivity contribution in [1.29, 1.82) is 0 Å². The van der Waals surface area contributed by atoms with Crippen molar-refractivity contribution in [2.45, 2.75) is 34.1 Å². The summed E-state index contributed by atoms with van der Waals surface area (Å²) in [6.45, 7) is 11.8. The largest absolute Gasteiger partial charge is 0.492 e. The van der Waals surface area contributed by atoms with Gasteiger partial charge in [-0.25, -0.2) is 0 Å². The number of guanidine groups is 1. The molecule has 0 unspecified atom stereocenters. The van der Waals surface area contributed by atoms with Crippen LogP contribution in [0, 0.1) is 5.92 Å². The van der Waals surface area contributed by atoms with E-state index in [2.05, 4.69) is 34.8 Å². The second-order valence-electron chi connectivity index (χ2n) is 6.54. The smallest absolute Gasteiger partial charge is 0.221 e. The monoisotopic (exact) mass is 506 g/mol. The van der Waals surface area contributed by atoms with Crippen LogP contribution >= 0.6 is 24.0 Å². The lowest BCUT2D eigenvalue weighted by Crippen LogP contribution is -2.39. The van der Waals surface area contributed by atoms with E-state index in [9.17, 15) is 4.79 Å². The molecule has 0 saturated carbocycles. The van der Waals surface area contributed by atoms with Crippen LogP contribution in [0.15, 0.2) is 29.3 Å². The van der Waals surface area contributed by atoms with Gasteiger partial charge in [0.2, 0.25) is 5.91 Å². The van der Waals surface area contributed by atoms with Crippen molar-refractivity contribution in [1.82, 2.24) is 10.6 Å². The van der Waals surface area contributed by atoms with Gasteiger partial charge in [0.1, 0.15) is 12.4 Å². The van der Waals surface area contributed by atoms with E-state index in [1.54, 1.807) is 6.07 Å². The Morgan fingerprint density at radius 2 is 1.96 bits per heavy atom. The minimum atomic E-state index is -0.103. The molecule has 28 heavy (non-hydrogen) atoms. The lowest BCUT2D eigenvalue weighted by molar-refractivity contribution is -0.114. The number of anilines is 1. The summed E-state index contributed by atoms with van der Waals surface area (Å²) in [5.41, 5.74) is 0.723. The minimum absolute atomic E-state index is 0. The third-order valence-electron chi connectivity index (χ3n) is 3.51. The van der Waals surface area contributed by atoms with Gasteiger partial charge in [-0.3, -0.25) is 9.79 Å². The number of aliphatic imine (C=N–C) groups is 1. The number of nitrogens with one attached hydrogen (secondary N) is 3. The minimum Gasteiger partial charge on any atom is -0.492 e. The predicted molar refractivity (Wildman–Crippen MR) is 126 cm³/mol. The predicted octanol–water partition coefficient (Wildman–Crippen LogP) is 3.26. The van der Waals surface area contributed by atoms with Gasteiger partial charge in [0.25, 0.3) is 0 Å². The van der Waals surface area contributed by atoms with Crippen LogP contribution in [-0.2, 0) is 9.53 Å². The van der Waals surface area contributed by atoms with E-state index in [1.807, 2.05) is 25.1 Å². The Kier molecular flexibility index (Phi) is 15.5. The van der Waals surface area contributed by atoms with E-state index in [0.717, 1.165) is 31.2 Å². The maximum Gasteiger partial charge on any atom is 0.221 e. The van der Waals surface area contributed by atoms with Crippen LogP contribution in [0.5, 0.6) is 5.75 Å². The van der Waals surface area contributed by atoms with Gasteiger partial charge in [0, 0.05) is 31.8 Å². The van der Waals surface area contributed by atoms with Gasteiger partial charge in [-0.15, -0.1) is 24.0 Å². The second-order valence-corrected chi connectivity index (χ2v) is 6.54. The molecule has 1 aromatic rings. The first kappa shape index (κ1) is 26.4. The molecule has 1 aromatic carbocycles. The molecule has 0 fully saturated rings. The second kappa shape index (κ2) is 16.4. The third kappa shape index (κ3) is 13.6. The van der Waals surface area contributed by atoms with Gasteiger partial charge in [0.05, 0.1) is 19.7 Å². The van der Waals surface area contributed by atoms with Gasteiger partial charge < -0.3 is 25.4 Å². The Bertz CT molecular complexity index is 582. The lowest BCUT2D eigenvalue weighted by atomic mass is 10.1. The van der Waals surface area contributed by atoms with Gasteiger partial charge >= 0.3 is 0 Å². The summed E-state index contributed by atoms with van der Waals surface area (Å²) in [4.78, 5) is 15.6. The first-order valence-corrected chi connectivity index (χ1v) is 9.61. The van der Waals surface area contributed by atoms with Crippen molar-refractivity contribution in [3.8, 4) is 5.75 Å². The highest BCUT2D eigenvalue weighted by Crippen LogP contribution is 2.16. The summed E-state index contributed by atoms with van der Waals surface area (Å²) in [5, 5.41) is 9.18. The topological polar surface area (TPSA) is 84.0 Å². The fraction of sp³-hybridized carbons (Fsp3) is 0.600. The number of carbonyl (C=O) groups is 1. The number of benzene rings is 1. The Hall–Kier alpha value is -1.55. The maximum atomic E-state index is 11.1. The standard InChI is InChI=1S/C20H34N4O3.HI/c1-5-21-20(22-10-13-26-12-9-16(2)3)23-11-14-27-19-8-6-7-18(15-19)24-17(4)25;/h6-8,15-16H,5,9-14H2,1-4H3,(H,24,25)(H2,21,22,23);1H. The zero-order chi connectivity index (χ0) is 19.9. The van der Waals surface area contributed by atoms with E-state index in [0.29, 0.717) is 38.0 Å². The highest BCUT2D eigenvalue weighted by Gasteiger charge is 2.00. The molecule has 0 aliphatic rings. The Morgan fingerprint density at radius 3 is 2.64 bits per heavy atom. The van der Waals surface area contributed by atoms with Crippen LogP contribution < -0.4 is 20.7 Å². The molecule has 160 valence electrons. The lowest BCUT2D eigenvalue weighted by Gasteiger charge is -2.13. The molecule has 0 radical (unpaired) electrons. The molecule has 0 heterocycles. The van der Waals surface area contributed by atoms with Crippen molar-refractivity contribution < 1.29 is 14.3 Å². The number of hydrogen-bond acceptors (Lipinski definition) is 4. The molecule has 0 spiro atoms. The van der Waals surface area contributed by atoms with Crippen LogP contribution in [0.1, 0.15) is 34.1 Å². The van der Waals surface area contributed by atoms with Crippen molar-refractivity contribution in [3.05, 3.63) is 24.3 Å². The molecular formula is C20H35IN4O3. The fourth-order valence-electron chi connectivity index (χ4n) is 2.19. The Labute approximate surface area is 186 Å². The van der Waals surface area contributed by atoms with Gasteiger partial charge in [-0.2, -0.15) is 0 Å². The van der Waals surface area contributed by atoms with Crippen LogP contribution in [0.2, 0.25) is 0 Å². The van der Waals surface area contributed by atoms with E-state index >= 15 is 0 Å². The maximum absolute atomic E-state index is 11.1. The number of carbonyl (C=O) groups excluding carboxylic acids is 1. The summed E-state index contributed by atoms with van der Waals surface area (Å²) in [5.74, 6) is 2.02. The molecule has 1 rings (SSSR count). The fourth-order valence-corrected chi connectivity index (χ4v) is 2.19. The molecule has 0 atom stereocenters. The average molecular weight is 506 g/mol. The highest BCUT2D eigenvalue weighted by atomic mass is 127. The van der Waals surface area contributed by atoms with Gasteiger partial charge in [0.15, 0.2) is 5.96 Å². The molecule has 7 nitrogen and oxygen atoms in total. The zero-order valence-corrected chi connectivity index (χ0v) is 19.7. The summed E-state index contributed by atoms with van der Waals surface area (Å²) in [6.07, 6.45) is 1.07. The highest BCUT2D eigenvalue weighted by molar-refractivity contribution is 14.0. The molecular weight excluding hydrogens is 471 g/mol. The average Bonchev–Trinajstić information content (AvgIpc) is 2.61. The summed E-state index contributed by atoms with van der Waals surface area (Å²) in [7, 11) is 0. The van der Waals surface area contributed by atoms with Crippen molar-refractivity contribution in [3.63, 3.8) is 0 Å². The summed E-state index contributed by atoms with van der Waals surface area (Å²) < 4.78 is 11.3. The number of halogens is 1. The Balaban J connectivity index is 0.00000729. The molecule has 0 aromatic heterocycles. The van der Waals surface area contributed by atoms with Gasteiger partial charge in [-0.1, -0.05) is 19.9 Å². The van der Waals surface area contributed by atoms with E-state index in [1.165, 1.54) is 6.92 Å². The molecule has 0 aliphatic carbocycles. The molecule has 8 heteroatoms. The van der Waals surface area contributed by atoms with E-state index in [4.69, 9.17) is 9.47 Å². The molecule has 1 amide bonds. The normalized spacial score (nSPS) is 11.0. The molecule has 3 N–H and O–H groups in total. The quantitative estimate of drug-likeness (QED) is 0.176. The number of nitrogens with zero attached hydrogens (tertiary/aromatic N) is 1. The number of amides is 1. The first-order chi connectivity index (χ1) is 13.0. The Morgan fingerprint density at radius 1 is 1.18 bits per heavy atom. The van der Waals surface area contributed by atoms with Crippen molar-refractivity contribution >= 4 is 41.5 Å². The van der Waals surface area contributed by atoms with E-state index < -0.39 is 0 Å². The van der Waals surface area contributed by atoms with E-state index in [-0.39, 0.29) is 29.9 Å². The molecule has 0 saturated heterocycles. The SMILES string of the molecule is CCNC(=NCCOCCC(C)C)NCCOc1cccc(NC(C)=O)c1.I. The van der Waals surface area contributed by atoms with Gasteiger partial charge in [-0.05, 0) is 31.4 Å². The number of ether oxygens (including phenoxy) is 2. The number of rotatable bonds is 12. The van der Waals surface area contributed by atoms with Crippen molar-refractivity contribution in [2.24, 2.45) is 10.9 Å². The van der Waals surface area contributed by atoms with Crippen LogP contribution in [-0.4, -0.2) is 51.3 Å². The zero-order valence-electron chi connectivity index (χ0n) is 17.4. The molecule has 0 bridgehead atoms. The summed E-state index contributed by atoms with van der Waals surface area (Å²) in [6, 6.07) is 7.33. The van der Waals surface area contributed by atoms with Crippen LogP contribution in [0.25, 0.3) is 0 Å². The first-order valence-electron chi connectivity index (χ1n) is 9.61. The summed E-state index contributed by atoms with van der Waals surface area (Å²) >= 11 is 0. The van der Waals surface area contributed by atoms with Crippen LogP contribution in [0.3, 0.4) is 0 Å².